The number of nitrogens with zero attached hydrogens (tertiary/aromatic N) is 2. The van der Waals surface area contributed by atoms with E-state index in [0.717, 1.165) is 18.4 Å². The van der Waals surface area contributed by atoms with Crippen LogP contribution in [0.3, 0.4) is 0 Å². The van der Waals surface area contributed by atoms with E-state index in [1.54, 1.807) is 6.92 Å². The zero-order valence-corrected chi connectivity index (χ0v) is 14.2. The van der Waals surface area contributed by atoms with Crippen LogP contribution in [-0.4, -0.2) is 20.4 Å². The topological polar surface area (TPSA) is 87.4 Å². The van der Waals surface area contributed by atoms with E-state index in [2.05, 4.69) is 9.98 Å². The Bertz CT molecular complexity index is 835. The van der Waals surface area contributed by atoms with E-state index >= 15 is 0 Å². The zero-order valence-electron chi connectivity index (χ0n) is 14.2. The van der Waals surface area contributed by atoms with E-state index in [1.165, 1.54) is 4.57 Å². The molecule has 2 rings (SSSR count). The first-order valence-corrected chi connectivity index (χ1v) is 8.11. The van der Waals surface area contributed by atoms with E-state index in [9.17, 15) is 14.7 Å². The van der Waals surface area contributed by atoms with Gasteiger partial charge in [0.05, 0.1) is 11.8 Å². The second kappa shape index (κ2) is 7.77. The van der Waals surface area contributed by atoms with Crippen LogP contribution >= 0.6 is 0 Å². The van der Waals surface area contributed by atoms with E-state index in [4.69, 9.17) is 0 Å². The minimum atomic E-state index is -0.619. The van der Waals surface area contributed by atoms with Crippen LogP contribution in [-0.2, 0) is 6.54 Å². The standard InChI is InChI=1S/C18H23N3O3/c1-4-5-11-21-17(23)15(16(22)20-18(21)24)13(3)19-12(2)14-9-7-6-8-10-14/h6-10,12,23H,4-5,11H2,1-3H3,(H,20,22,24)/t12-/m1/s1. The van der Waals surface area contributed by atoms with Crippen molar-refractivity contribution in [3.8, 4) is 5.88 Å². The van der Waals surface area contributed by atoms with Gasteiger partial charge < -0.3 is 5.11 Å². The van der Waals surface area contributed by atoms with Crippen molar-refractivity contribution in [3.05, 3.63) is 62.3 Å². The third kappa shape index (κ3) is 3.82. The Labute approximate surface area is 140 Å². The minimum Gasteiger partial charge on any atom is -0.494 e. The summed E-state index contributed by atoms with van der Waals surface area (Å²) in [5.41, 5.74) is 0.237. The lowest BCUT2D eigenvalue weighted by Crippen LogP contribution is -2.33. The number of H-pyrrole nitrogens is 1. The maximum Gasteiger partial charge on any atom is 0.331 e. The summed E-state index contributed by atoms with van der Waals surface area (Å²) in [6.45, 7) is 5.92. The van der Waals surface area contributed by atoms with Crippen molar-refractivity contribution in [1.29, 1.82) is 0 Å². The third-order valence-electron chi connectivity index (χ3n) is 3.94. The maximum atomic E-state index is 12.1. The molecule has 0 aliphatic heterocycles. The molecule has 1 aromatic heterocycles. The van der Waals surface area contributed by atoms with Crippen LogP contribution in [0.25, 0.3) is 0 Å². The molecule has 0 spiro atoms. The zero-order chi connectivity index (χ0) is 17.7. The lowest BCUT2D eigenvalue weighted by atomic mass is 10.1. The smallest absolute Gasteiger partial charge is 0.331 e. The van der Waals surface area contributed by atoms with E-state index < -0.39 is 11.2 Å². The molecule has 0 saturated heterocycles. The van der Waals surface area contributed by atoms with Gasteiger partial charge in [0.25, 0.3) is 5.56 Å². The highest BCUT2D eigenvalue weighted by Crippen LogP contribution is 2.19. The molecule has 6 heteroatoms. The molecular weight excluding hydrogens is 306 g/mol. The Morgan fingerprint density at radius 1 is 1.29 bits per heavy atom. The summed E-state index contributed by atoms with van der Waals surface area (Å²) in [6, 6.07) is 9.51. The first-order chi connectivity index (χ1) is 11.5. The highest BCUT2D eigenvalue weighted by molar-refractivity contribution is 6.00. The molecule has 24 heavy (non-hydrogen) atoms. The van der Waals surface area contributed by atoms with Gasteiger partial charge >= 0.3 is 5.69 Å². The van der Waals surface area contributed by atoms with Crippen LogP contribution in [0.1, 0.15) is 50.8 Å². The summed E-state index contributed by atoms with van der Waals surface area (Å²) in [4.78, 5) is 30.8. The lowest BCUT2D eigenvalue weighted by molar-refractivity contribution is 0.394. The number of aromatic nitrogens is 2. The normalized spacial score (nSPS) is 13.0. The van der Waals surface area contributed by atoms with Gasteiger partial charge in [-0.15, -0.1) is 0 Å². The Balaban J connectivity index is 2.45. The molecule has 1 atom stereocenters. The molecule has 6 nitrogen and oxygen atoms in total. The lowest BCUT2D eigenvalue weighted by Gasteiger charge is -2.12. The average Bonchev–Trinajstić information content (AvgIpc) is 2.55. The average molecular weight is 329 g/mol. The molecule has 0 amide bonds. The van der Waals surface area contributed by atoms with Crippen LogP contribution in [0, 0.1) is 0 Å². The Morgan fingerprint density at radius 3 is 2.58 bits per heavy atom. The molecule has 0 fully saturated rings. The molecule has 1 heterocycles. The maximum absolute atomic E-state index is 12.1. The van der Waals surface area contributed by atoms with Gasteiger partial charge in [0, 0.05) is 6.54 Å². The van der Waals surface area contributed by atoms with E-state index in [0.29, 0.717) is 12.3 Å². The van der Waals surface area contributed by atoms with E-state index in [1.807, 2.05) is 44.2 Å². The van der Waals surface area contributed by atoms with Crippen LogP contribution in [0.15, 0.2) is 44.9 Å². The van der Waals surface area contributed by atoms with Crippen molar-refractivity contribution in [2.75, 3.05) is 0 Å². The molecule has 128 valence electrons. The molecular formula is C18H23N3O3. The molecule has 2 aromatic rings. The summed E-state index contributed by atoms with van der Waals surface area (Å²) >= 11 is 0. The highest BCUT2D eigenvalue weighted by atomic mass is 16.3. The minimum absolute atomic E-state index is 0.0495. The fraction of sp³-hybridized carbons (Fsp3) is 0.389. The predicted molar refractivity (Wildman–Crippen MR) is 95.0 cm³/mol. The SMILES string of the molecule is CCCCn1c(O)c(C(C)=N[C@H](C)c2ccccc2)c(=O)[nH]c1=O. The van der Waals surface area contributed by atoms with Crippen molar-refractivity contribution in [3.63, 3.8) is 0 Å². The van der Waals surface area contributed by atoms with Gasteiger partial charge in [0.2, 0.25) is 5.88 Å². The molecule has 0 bridgehead atoms. The van der Waals surface area contributed by atoms with Crippen molar-refractivity contribution >= 4 is 5.71 Å². The van der Waals surface area contributed by atoms with Gasteiger partial charge in [-0.05, 0) is 25.8 Å². The van der Waals surface area contributed by atoms with E-state index in [-0.39, 0.29) is 17.5 Å². The number of nitrogens with one attached hydrogen (secondary N) is 1. The highest BCUT2D eigenvalue weighted by Gasteiger charge is 2.17. The van der Waals surface area contributed by atoms with Crippen LogP contribution in [0.5, 0.6) is 5.88 Å². The second-order valence-corrected chi connectivity index (χ2v) is 5.76. The number of benzene rings is 1. The van der Waals surface area contributed by atoms with Gasteiger partial charge in [0.15, 0.2) is 0 Å². The Kier molecular flexibility index (Phi) is 5.73. The largest absolute Gasteiger partial charge is 0.494 e. The monoisotopic (exact) mass is 329 g/mol. The molecule has 0 radical (unpaired) electrons. The first kappa shape index (κ1) is 17.7. The molecule has 0 unspecified atom stereocenters. The van der Waals surface area contributed by atoms with Crippen molar-refractivity contribution in [2.24, 2.45) is 4.99 Å². The van der Waals surface area contributed by atoms with Gasteiger partial charge in [-0.3, -0.25) is 19.3 Å². The molecule has 0 aliphatic rings. The quantitative estimate of drug-likeness (QED) is 0.799. The van der Waals surface area contributed by atoms with Crippen LogP contribution in [0.4, 0.5) is 0 Å². The summed E-state index contributed by atoms with van der Waals surface area (Å²) in [5, 5.41) is 10.4. The number of unbranched alkanes of at least 4 members (excludes halogenated alkanes) is 1. The number of rotatable bonds is 6. The fourth-order valence-electron chi connectivity index (χ4n) is 2.57. The number of aliphatic imine (C=N–C) groups is 1. The fourth-order valence-corrected chi connectivity index (χ4v) is 2.57. The molecule has 0 aliphatic carbocycles. The first-order valence-electron chi connectivity index (χ1n) is 8.11. The number of hydrogen-bond donors (Lipinski definition) is 2. The van der Waals surface area contributed by atoms with Gasteiger partial charge in [-0.2, -0.15) is 0 Å². The van der Waals surface area contributed by atoms with Crippen molar-refractivity contribution in [1.82, 2.24) is 9.55 Å². The Hall–Kier alpha value is -2.63. The molecule has 0 saturated carbocycles. The van der Waals surface area contributed by atoms with Gasteiger partial charge in [-0.1, -0.05) is 43.7 Å². The third-order valence-corrected chi connectivity index (χ3v) is 3.94. The number of hydrogen-bond acceptors (Lipinski definition) is 4. The van der Waals surface area contributed by atoms with Gasteiger partial charge in [-0.25, -0.2) is 4.79 Å². The summed E-state index contributed by atoms with van der Waals surface area (Å²) in [5.74, 6) is -0.321. The van der Waals surface area contributed by atoms with Crippen molar-refractivity contribution < 1.29 is 5.11 Å². The number of aromatic hydroxyl groups is 1. The summed E-state index contributed by atoms with van der Waals surface area (Å²) in [7, 11) is 0. The Morgan fingerprint density at radius 2 is 1.96 bits per heavy atom. The summed E-state index contributed by atoms with van der Waals surface area (Å²) < 4.78 is 1.19. The summed E-state index contributed by atoms with van der Waals surface area (Å²) in [6.07, 6.45) is 1.61. The second-order valence-electron chi connectivity index (χ2n) is 5.76. The molecule has 1 aromatic carbocycles. The van der Waals surface area contributed by atoms with Crippen LogP contribution < -0.4 is 11.2 Å². The predicted octanol–water partition coefficient (Wildman–Crippen LogP) is 2.61. The van der Waals surface area contributed by atoms with Gasteiger partial charge in [0.1, 0.15) is 5.56 Å². The van der Waals surface area contributed by atoms with Crippen LogP contribution in [0.2, 0.25) is 0 Å². The van der Waals surface area contributed by atoms with Crippen molar-refractivity contribution in [2.45, 2.75) is 46.2 Å². The molecule has 2 N–H and O–H groups in total. The number of aromatic amines is 1.